The van der Waals surface area contributed by atoms with Crippen LogP contribution in [0.4, 0.5) is 0 Å². The summed E-state index contributed by atoms with van der Waals surface area (Å²) >= 11 is 0. The second kappa shape index (κ2) is 8.48. The molecule has 27 heavy (non-hydrogen) atoms. The molecule has 1 fully saturated rings. The van der Waals surface area contributed by atoms with Crippen LogP contribution in [-0.2, 0) is 16.6 Å². The molecule has 0 radical (unpaired) electrons. The highest BCUT2D eigenvalue weighted by atomic mass is 32.2. The van der Waals surface area contributed by atoms with Crippen molar-refractivity contribution in [2.75, 3.05) is 26.0 Å². The lowest BCUT2D eigenvalue weighted by Gasteiger charge is -2.54. The number of aliphatic hydroxyl groups is 1. The van der Waals surface area contributed by atoms with E-state index in [0.717, 1.165) is 11.3 Å². The minimum Gasteiger partial charge on any atom is -0.395 e. The molecule has 1 aromatic carbocycles. The number of benzene rings is 1. The molecule has 2 aromatic rings. The van der Waals surface area contributed by atoms with Crippen LogP contribution >= 0.6 is 0 Å². The fraction of sp³-hybridized carbons (Fsp3) is 0.450. The fourth-order valence-electron chi connectivity index (χ4n) is 3.94. The summed E-state index contributed by atoms with van der Waals surface area (Å²) in [6.07, 6.45) is 1.76. The average molecular weight is 390 g/mol. The molecule has 1 N–H and O–H groups in total. The number of hydrogen-bond donors (Lipinski definition) is 1. The molecule has 146 valence electrons. The summed E-state index contributed by atoms with van der Waals surface area (Å²) in [5.74, 6) is 0.00885. The van der Waals surface area contributed by atoms with Gasteiger partial charge in [0.25, 0.3) is 0 Å². The molecule has 1 saturated heterocycles. The lowest BCUT2D eigenvalue weighted by atomic mass is 9.77. The Morgan fingerprint density at radius 1 is 1.11 bits per heavy atom. The second-order valence-corrected chi connectivity index (χ2v) is 9.16. The molecule has 0 amide bonds. The van der Waals surface area contributed by atoms with E-state index in [1.807, 2.05) is 55.6 Å². The summed E-state index contributed by atoms with van der Waals surface area (Å²) in [6, 6.07) is 15.0. The maximum atomic E-state index is 12.7. The topological polar surface area (TPSA) is 73.7 Å². The van der Waals surface area contributed by atoms with Gasteiger partial charge in [-0.25, -0.2) is 8.42 Å². The van der Waals surface area contributed by atoms with Gasteiger partial charge in [-0.05, 0) is 31.7 Å². The highest BCUT2D eigenvalue weighted by Crippen LogP contribution is 2.43. The molecule has 7 heteroatoms. The van der Waals surface area contributed by atoms with Crippen LogP contribution < -0.4 is 0 Å². The van der Waals surface area contributed by atoms with Crippen LogP contribution in [0.15, 0.2) is 54.7 Å². The minimum atomic E-state index is -3.40. The first kappa shape index (κ1) is 19.9. The van der Waals surface area contributed by atoms with Gasteiger partial charge < -0.3 is 5.11 Å². The predicted octanol–water partition coefficient (Wildman–Crippen LogP) is 1.69. The van der Waals surface area contributed by atoms with Gasteiger partial charge in [0.2, 0.25) is 10.0 Å². The van der Waals surface area contributed by atoms with Crippen molar-refractivity contribution < 1.29 is 13.5 Å². The second-order valence-electron chi connectivity index (χ2n) is 7.00. The number of pyridine rings is 1. The molecule has 1 aromatic heterocycles. The van der Waals surface area contributed by atoms with Crippen LogP contribution in [0, 0.1) is 0 Å². The van der Waals surface area contributed by atoms with E-state index in [0.29, 0.717) is 13.1 Å². The van der Waals surface area contributed by atoms with Crippen molar-refractivity contribution in [3.8, 4) is 0 Å². The van der Waals surface area contributed by atoms with E-state index in [9.17, 15) is 13.5 Å². The van der Waals surface area contributed by atoms with E-state index in [1.165, 1.54) is 4.31 Å². The first-order valence-corrected chi connectivity index (χ1v) is 10.8. The molecule has 2 heterocycles. The first-order chi connectivity index (χ1) is 13.0. The van der Waals surface area contributed by atoms with Crippen molar-refractivity contribution in [1.82, 2.24) is 14.2 Å². The summed E-state index contributed by atoms with van der Waals surface area (Å²) in [5, 5.41) is 9.90. The lowest BCUT2D eigenvalue weighted by Crippen LogP contribution is -2.68. The Morgan fingerprint density at radius 3 is 2.41 bits per heavy atom. The maximum absolute atomic E-state index is 12.7. The zero-order valence-electron chi connectivity index (χ0n) is 15.8. The smallest absolute Gasteiger partial charge is 0.214 e. The van der Waals surface area contributed by atoms with Gasteiger partial charge in [0.05, 0.1) is 24.1 Å². The Kier molecular flexibility index (Phi) is 6.26. The zero-order valence-corrected chi connectivity index (χ0v) is 16.6. The number of nitrogens with zero attached hydrogens (tertiary/aromatic N) is 3. The van der Waals surface area contributed by atoms with Gasteiger partial charge in [-0.2, -0.15) is 4.31 Å². The first-order valence-electron chi connectivity index (χ1n) is 9.23. The lowest BCUT2D eigenvalue weighted by molar-refractivity contribution is 0.0116. The standard InChI is InChI=1S/C20H27N3O3S/c1-3-27(25,26)23-18(14-22(2)13-17-11-7-8-12-21-17)20(19(23)15-24)16-9-5-4-6-10-16/h4-12,18-20,24H,3,13-15H2,1-2H3/t18-,19+,20+/m0/s1. The van der Waals surface area contributed by atoms with Crippen LogP contribution in [0.5, 0.6) is 0 Å². The van der Waals surface area contributed by atoms with E-state index in [2.05, 4.69) is 9.88 Å². The van der Waals surface area contributed by atoms with Crippen molar-refractivity contribution in [3.05, 3.63) is 66.0 Å². The quantitative estimate of drug-likeness (QED) is 0.744. The van der Waals surface area contributed by atoms with E-state index < -0.39 is 16.1 Å². The summed E-state index contributed by atoms with van der Waals surface area (Å²) in [4.78, 5) is 6.44. The maximum Gasteiger partial charge on any atom is 0.214 e. The van der Waals surface area contributed by atoms with Crippen LogP contribution in [0.25, 0.3) is 0 Å². The number of sulfonamides is 1. The highest BCUT2D eigenvalue weighted by molar-refractivity contribution is 7.89. The van der Waals surface area contributed by atoms with Crippen molar-refractivity contribution in [3.63, 3.8) is 0 Å². The zero-order chi connectivity index (χ0) is 19.4. The number of likely N-dealkylation sites (N-methyl/N-ethyl adjacent to an activating group) is 1. The number of hydrogen-bond acceptors (Lipinski definition) is 5. The molecule has 0 saturated carbocycles. The third-order valence-corrected chi connectivity index (χ3v) is 7.11. The van der Waals surface area contributed by atoms with Gasteiger partial charge in [0.15, 0.2) is 0 Å². The Balaban J connectivity index is 1.84. The molecular formula is C20H27N3O3S. The van der Waals surface area contributed by atoms with E-state index in [-0.39, 0.29) is 24.3 Å². The SMILES string of the molecule is CCS(=O)(=O)N1[C@H](CO)[C@H](c2ccccc2)[C@@H]1CN(C)Cc1ccccn1. The van der Waals surface area contributed by atoms with Gasteiger partial charge in [0.1, 0.15) is 0 Å². The molecule has 1 aliphatic rings. The van der Waals surface area contributed by atoms with Crippen LogP contribution in [0.2, 0.25) is 0 Å². The predicted molar refractivity (Wildman–Crippen MR) is 106 cm³/mol. The molecular weight excluding hydrogens is 362 g/mol. The van der Waals surface area contributed by atoms with Crippen molar-refractivity contribution in [2.45, 2.75) is 31.5 Å². The monoisotopic (exact) mass is 389 g/mol. The van der Waals surface area contributed by atoms with Crippen LogP contribution in [0.3, 0.4) is 0 Å². The molecule has 0 unspecified atom stereocenters. The molecule has 0 spiro atoms. The summed E-state index contributed by atoms with van der Waals surface area (Å²) in [5.41, 5.74) is 2.01. The normalized spacial score (nSPS) is 23.3. The van der Waals surface area contributed by atoms with Gasteiger partial charge in [-0.15, -0.1) is 0 Å². The summed E-state index contributed by atoms with van der Waals surface area (Å²) in [7, 11) is -1.43. The molecule has 1 aliphatic heterocycles. The van der Waals surface area contributed by atoms with E-state index in [1.54, 1.807) is 13.1 Å². The Hall–Kier alpha value is -1.80. The Bertz CT molecular complexity index is 830. The summed E-state index contributed by atoms with van der Waals surface area (Å²) in [6.45, 7) is 2.68. The Labute approximate surface area is 161 Å². The third kappa shape index (κ3) is 4.21. The van der Waals surface area contributed by atoms with Gasteiger partial charge in [0, 0.05) is 31.2 Å². The fourth-order valence-corrected chi connectivity index (χ4v) is 5.46. The number of aliphatic hydroxyl groups excluding tert-OH is 1. The van der Waals surface area contributed by atoms with Crippen LogP contribution in [0.1, 0.15) is 24.1 Å². The third-order valence-electron chi connectivity index (χ3n) is 5.20. The van der Waals surface area contributed by atoms with Crippen molar-refractivity contribution >= 4 is 10.0 Å². The molecule has 0 aliphatic carbocycles. The number of aromatic nitrogens is 1. The molecule has 0 bridgehead atoms. The van der Waals surface area contributed by atoms with E-state index >= 15 is 0 Å². The highest BCUT2D eigenvalue weighted by Gasteiger charge is 2.53. The molecule has 3 atom stereocenters. The minimum absolute atomic E-state index is 0.0243. The van der Waals surface area contributed by atoms with Crippen molar-refractivity contribution in [2.24, 2.45) is 0 Å². The van der Waals surface area contributed by atoms with Gasteiger partial charge in [-0.3, -0.25) is 9.88 Å². The Morgan fingerprint density at radius 2 is 1.81 bits per heavy atom. The van der Waals surface area contributed by atoms with Crippen molar-refractivity contribution in [1.29, 1.82) is 0 Å². The van der Waals surface area contributed by atoms with Gasteiger partial charge in [-0.1, -0.05) is 36.4 Å². The van der Waals surface area contributed by atoms with Crippen LogP contribution in [-0.4, -0.2) is 65.7 Å². The van der Waals surface area contributed by atoms with Gasteiger partial charge >= 0.3 is 0 Å². The average Bonchev–Trinajstić information content (AvgIpc) is 2.66. The number of rotatable bonds is 8. The van der Waals surface area contributed by atoms with E-state index in [4.69, 9.17) is 0 Å². The largest absolute Gasteiger partial charge is 0.395 e. The molecule has 6 nitrogen and oxygen atoms in total. The summed E-state index contributed by atoms with van der Waals surface area (Å²) < 4.78 is 26.8. The molecule has 3 rings (SSSR count).